The topological polar surface area (TPSA) is 134 Å². The Balaban J connectivity index is 0.00000387. The average Bonchev–Trinajstić information content (AvgIpc) is 3.61. The maximum atomic E-state index is 14.9. The van der Waals surface area contributed by atoms with Gasteiger partial charge in [0.05, 0.1) is 40.6 Å². The number of pyridine rings is 1. The van der Waals surface area contributed by atoms with Gasteiger partial charge in [0, 0.05) is 41.6 Å². The Bertz CT molecular complexity index is 1720. The molecule has 3 aromatic heterocycles. The molecule has 41 heavy (non-hydrogen) atoms. The van der Waals surface area contributed by atoms with Crippen molar-refractivity contribution >= 4 is 29.9 Å². The van der Waals surface area contributed by atoms with Crippen molar-refractivity contribution in [1.82, 2.24) is 25.0 Å². The maximum Gasteiger partial charge on any atom is 0.324 e. The lowest BCUT2D eigenvalue weighted by atomic mass is 9.92. The number of nitriles is 1. The average molecular weight is 573 g/mol. The predicted molar refractivity (Wildman–Crippen MR) is 155 cm³/mol. The van der Waals surface area contributed by atoms with Crippen LogP contribution in [0.1, 0.15) is 32.0 Å². The van der Waals surface area contributed by atoms with Gasteiger partial charge in [0.15, 0.2) is 0 Å². The number of urea groups is 1. The normalized spacial score (nSPS) is 10.8. The largest absolute Gasteiger partial charge is 0.457 e. The predicted octanol–water partition coefficient (Wildman–Crippen LogP) is 6.82. The fourth-order valence-corrected chi connectivity index (χ4v) is 3.83. The van der Waals surface area contributed by atoms with Gasteiger partial charge in [-0.3, -0.25) is 15.4 Å². The van der Waals surface area contributed by atoms with Crippen molar-refractivity contribution in [2.75, 3.05) is 10.6 Å². The number of ether oxygens (including phenoxy) is 1. The Morgan fingerprint density at radius 2 is 1.88 bits per heavy atom. The molecule has 208 valence electrons. The van der Waals surface area contributed by atoms with Crippen molar-refractivity contribution in [2.45, 2.75) is 26.2 Å². The lowest BCUT2D eigenvalue weighted by Crippen LogP contribution is -2.22. The van der Waals surface area contributed by atoms with E-state index in [2.05, 4.69) is 37.0 Å². The number of hydrogen-bond donors (Lipinski definition) is 3. The van der Waals surface area contributed by atoms with Crippen LogP contribution in [0.4, 0.5) is 20.7 Å². The summed E-state index contributed by atoms with van der Waals surface area (Å²) in [6, 6.07) is 17.6. The van der Waals surface area contributed by atoms with E-state index in [0.29, 0.717) is 28.5 Å². The van der Waals surface area contributed by atoms with Gasteiger partial charge in [-0.2, -0.15) is 15.5 Å². The first-order valence-corrected chi connectivity index (χ1v) is 12.3. The summed E-state index contributed by atoms with van der Waals surface area (Å²) < 4.78 is 22.3. The second-order valence-corrected chi connectivity index (χ2v) is 9.93. The van der Waals surface area contributed by atoms with Crippen LogP contribution in [0, 0.1) is 17.1 Å². The van der Waals surface area contributed by atoms with Crippen LogP contribution >= 0.6 is 12.4 Å². The molecular formula is C29H26ClFN8O2. The van der Waals surface area contributed by atoms with Gasteiger partial charge >= 0.3 is 6.03 Å². The van der Waals surface area contributed by atoms with E-state index in [-0.39, 0.29) is 29.3 Å². The third-order valence-electron chi connectivity index (χ3n) is 5.89. The fourth-order valence-electron chi connectivity index (χ4n) is 3.83. The smallest absolute Gasteiger partial charge is 0.324 e. The highest BCUT2D eigenvalue weighted by molar-refractivity contribution is 5.99. The summed E-state index contributed by atoms with van der Waals surface area (Å²) in [6.07, 6.45) is 4.93. The summed E-state index contributed by atoms with van der Waals surface area (Å²) in [5, 5.41) is 25.9. The lowest BCUT2D eigenvalue weighted by molar-refractivity contribution is 0.262. The summed E-state index contributed by atoms with van der Waals surface area (Å²) in [6.45, 7) is 6.00. The molecule has 0 fully saturated rings. The minimum absolute atomic E-state index is 0. The summed E-state index contributed by atoms with van der Waals surface area (Å²) >= 11 is 0. The molecule has 10 nitrogen and oxygen atoms in total. The van der Waals surface area contributed by atoms with E-state index in [1.165, 1.54) is 12.1 Å². The molecule has 0 saturated carbocycles. The molecule has 12 heteroatoms. The molecule has 0 unspecified atom stereocenters. The first-order valence-electron chi connectivity index (χ1n) is 12.3. The number of aromatic nitrogens is 5. The highest BCUT2D eigenvalue weighted by Crippen LogP contribution is 2.29. The van der Waals surface area contributed by atoms with Gasteiger partial charge in [0.2, 0.25) is 0 Å². The molecule has 0 aliphatic rings. The lowest BCUT2D eigenvalue weighted by Gasteiger charge is -2.14. The van der Waals surface area contributed by atoms with Crippen LogP contribution in [-0.4, -0.2) is 31.0 Å². The number of nitrogens with one attached hydrogen (secondary N) is 3. The summed E-state index contributed by atoms with van der Waals surface area (Å²) in [5.41, 5.74) is 2.88. The second kappa shape index (κ2) is 11.9. The van der Waals surface area contributed by atoms with Crippen molar-refractivity contribution in [3.8, 4) is 34.5 Å². The Morgan fingerprint density at radius 3 is 2.59 bits per heavy atom. The van der Waals surface area contributed by atoms with Crippen molar-refractivity contribution in [3.63, 3.8) is 0 Å². The number of aromatic amines is 1. The third kappa shape index (κ3) is 6.69. The van der Waals surface area contributed by atoms with Gasteiger partial charge in [-0.1, -0.05) is 26.8 Å². The van der Waals surface area contributed by atoms with Gasteiger partial charge in [0.1, 0.15) is 23.1 Å². The maximum absolute atomic E-state index is 14.9. The molecule has 0 radical (unpaired) electrons. The van der Waals surface area contributed by atoms with Crippen LogP contribution < -0.4 is 15.4 Å². The van der Waals surface area contributed by atoms with Crippen LogP contribution in [-0.2, 0) is 5.41 Å². The van der Waals surface area contributed by atoms with E-state index in [0.717, 1.165) is 11.3 Å². The Kier molecular flexibility index (Phi) is 8.35. The first-order chi connectivity index (χ1) is 19.2. The molecule has 3 N–H and O–H groups in total. The summed E-state index contributed by atoms with van der Waals surface area (Å²) in [7, 11) is 0. The molecule has 0 atom stereocenters. The van der Waals surface area contributed by atoms with E-state index in [4.69, 9.17) is 4.74 Å². The SMILES string of the molecule is CC(C)(C)c1cc(NC(=O)Nc2ccc(Oc3ccnc(-c4cn[nH]c4)c3)cc2F)n(-c2cccc(C#N)c2)n1.Cl. The second-order valence-electron chi connectivity index (χ2n) is 9.93. The van der Waals surface area contributed by atoms with Gasteiger partial charge < -0.3 is 10.1 Å². The number of rotatable bonds is 6. The molecule has 0 aliphatic carbocycles. The number of H-pyrrole nitrogens is 1. The van der Waals surface area contributed by atoms with Crippen LogP contribution in [0.25, 0.3) is 16.9 Å². The quantitative estimate of drug-likeness (QED) is 0.204. The highest BCUT2D eigenvalue weighted by atomic mass is 35.5. The number of carbonyl (C=O) groups is 1. The Hall–Kier alpha value is -5.21. The molecule has 0 aliphatic heterocycles. The molecule has 5 rings (SSSR count). The zero-order valence-electron chi connectivity index (χ0n) is 22.3. The number of benzene rings is 2. The standard InChI is InChI=1S/C29H25FN8O2.ClH/c1-29(2,3)26-14-27(38(37-26)20-6-4-5-18(11-20)15-31)36-28(39)35-24-8-7-21(12-23(24)30)40-22-9-10-32-25(13-22)19-16-33-34-17-19;/h4-14,16-17H,1-3H3,(H,33,34)(H2,35,36,39);1H. The van der Waals surface area contributed by atoms with Gasteiger partial charge in [0.25, 0.3) is 0 Å². The van der Waals surface area contributed by atoms with Crippen molar-refractivity contribution in [3.05, 3.63) is 96.3 Å². The number of anilines is 2. The van der Waals surface area contributed by atoms with Crippen molar-refractivity contribution in [2.24, 2.45) is 0 Å². The number of halogens is 2. The van der Waals surface area contributed by atoms with Crippen LogP contribution in [0.5, 0.6) is 11.5 Å². The Labute approximate surface area is 241 Å². The third-order valence-corrected chi connectivity index (χ3v) is 5.89. The van der Waals surface area contributed by atoms with Gasteiger partial charge in [-0.05, 0) is 36.4 Å². The van der Waals surface area contributed by atoms with Crippen molar-refractivity contribution in [1.29, 1.82) is 5.26 Å². The van der Waals surface area contributed by atoms with Gasteiger partial charge in [-0.15, -0.1) is 12.4 Å². The molecule has 5 aromatic rings. The van der Waals surface area contributed by atoms with E-state index in [1.807, 2.05) is 20.8 Å². The van der Waals surface area contributed by atoms with E-state index >= 15 is 0 Å². The van der Waals surface area contributed by atoms with Crippen LogP contribution in [0.3, 0.4) is 0 Å². The zero-order valence-corrected chi connectivity index (χ0v) is 23.2. The number of nitrogens with zero attached hydrogens (tertiary/aromatic N) is 5. The van der Waals surface area contributed by atoms with Gasteiger partial charge in [-0.25, -0.2) is 13.9 Å². The first kappa shape index (κ1) is 28.8. The fraction of sp³-hybridized carbons (Fsp3) is 0.138. The zero-order chi connectivity index (χ0) is 28.3. The number of amides is 2. The molecule has 2 aromatic carbocycles. The minimum atomic E-state index is -0.678. The molecule has 2 amide bonds. The summed E-state index contributed by atoms with van der Waals surface area (Å²) in [5.74, 6) is 0.400. The molecule has 0 saturated heterocycles. The number of hydrogen-bond acceptors (Lipinski definition) is 6. The highest BCUT2D eigenvalue weighted by Gasteiger charge is 2.22. The van der Waals surface area contributed by atoms with E-state index < -0.39 is 11.8 Å². The number of carbonyl (C=O) groups excluding carboxylic acids is 1. The van der Waals surface area contributed by atoms with Crippen LogP contribution in [0.2, 0.25) is 0 Å². The molecule has 0 spiro atoms. The Morgan fingerprint density at radius 1 is 1.07 bits per heavy atom. The molecular weight excluding hydrogens is 547 g/mol. The van der Waals surface area contributed by atoms with E-state index in [1.54, 1.807) is 71.8 Å². The van der Waals surface area contributed by atoms with E-state index in [9.17, 15) is 14.4 Å². The van der Waals surface area contributed by atoms with Crippen LogP contribution in [0.15, 0.2) is 79.3 Å². The minimum Gasteiger partial charge on any atom is -0.457 e. The molecule has 3 heterocycles. The van der Waals surface area contributed by atoms with Crippen molar-refractivity contribution < 1.29 is 13.9 Å². The summed E-state index contributed by atoms with van der Waals surface area (Å²) in [4.78, 5) is 17.2. The monoisotopic (exact) mass is 572 g/mol. The molecule has 0 bridgehead atoms.